The van der Waals surface area contributed by atoms with Gasteiger partial charge in [0.25, 0.3) is 11.6 Å². The van der Waals surface area contributed by atoms with Gasteiger partial charge in [-0.05, 0) is 19.1 Å². The highest BCUT2D eigenvalue weighted by molar-refractivity contribution is 5.95. The Balaban J connectivity index is 2.97. The number of aliphatic carboxylic acids is 1. The molecule has 8 nitrogen and oxygen atoms in total. The summed E-state index contributed by atoms with van der Waals surface area (Å²) in [5.41, 5.74) is 0.0953. The van der Waals surface area contributed by atoms with Crippen molar-refractivity contribution < 1.29 is 19.6 Å². The second-order valence-electron chi connectivity index (χ2n) is 4.47. The van der Waals surface area contributed by atoms with Gasteiger partial charge in [-0.2, -0.15) is 0 Å². The predicted octanol–water partition coefficient (Wildman–Crippen LogP) is 1.48. The van der Waals surface area contributed by atoms with Gasteiger partial charge in [0, 0.05) is 24.7 Å². The van der Waals surface area contributed by atoms with Gasteiger partial charge in [-0.1, -0.05) is 6.92 Å². The van der Waals surface area contributed by atoms with Crippen molar-refractivity contribution in [3.63, 3.8) is 0 Å². The van der Waals surface area contributed by atoms with Gasteiger partial charge in [0.15, 0.2) is 0 Å². The Morgan fingerprint density at radius 1 is 1.43 bits per heavy atom. The molecule has 1 atom stereocenters. The minimum Gasteiger partial charge on any atom is -0.481 e. The van der Waals surface area contributed by atoms with Gasteiger partial charge >= 0.3 is 5.97 Å². The first-order valence-corrected chi connectivity index (χ1v) is 6.40. The summed E-state index contributed by atoms with van der Waals surface area (Å²) in [6, 6.07) is 4.02. The summed E-state index contributed by atoms with van der Waals surface area (Å²) in [5.74, 6) is -2.08. The second-order valence-corrected chi connectivity index (χ2v) is 4.47. The summed E-state index contributed by atoms with van der Waals surface area (Å²) < 4.78 is 0. The van der Waals surface area contributed by atoms with Crippen molar-refractivity contribution in [2.45, 2.75) is 13.8 Å². The Labute approximate surface area is 121 Å². The van der Waals surface area contributed by atoms with E-state index < -0.39 is 22.7 Å². The van der Waals surface area contributed by atoms with Crippen LogP contribution in [0.15, 0.2) is 18.2 Å². The molecule has 0 bridgehead atoms. The number of carbonyl (C=O) groups excluding carboxylic acids is 1. The van der Waals surface area contributed by atoms with E-state index in [-0.39, 0.29) is 23.5 Å². The largest absolute Gasteiger partial charge is 0.481 e. The highest BCUT2D eigenvalue weighted by Crippen LogP contribution is 2.25. The van der Waals surface area contributed by atoms with Crippen molar-refractivity contribution in [1.29, 1.82) is 0 Å². The van der Waals surface area contributed by atoms with Crippen molar-refractivity contribution in [1.82, 2.24) is 5.32 Å². The lowest BCUT2D eigenvalue weighted by atomic mass is 10.1. The SMILES string of the molecule is CCNC(=O)c1ccc(NCC(C)C(=O)O)c([N+](=O)[O-])c1. The number of rotatable bonds is 7. The molecular weight excluding hydrogens is 278 g/mol. The molecule has 1 aromatic carbocycles. The number of nitro groups is 1. The van der Waals surface area contributed by atoms with E-state index in [2.05, 4.69) is 10.6 Å². The fourth-order valence-corrected chi connectivity index (χ4v) is 1.59. The minimum atomic E-state index is -0.996. The van der Waals surface area contributed by atoms with Gasteiger partial charge in [0.2, 0.25) is 0 Å². The maximum atomic E-state index is 11.7. The van der Waals surface area contributed by atoms with Crippen molar-refractivity contribution >= 4 is 23.3 Å². The lowest BCUT2D eigenvalue weighted by molar-refractivity contribution is -0.384. The lowest BCUT2D eigenvalue weighted by Crippen LogP contribution is -2.23. The summed E-state index contributed by atoms with van der Waals surface area (Å²) in [7, 11) is 0. The molecule has 0 spiro atoms. The Bertz CT molecular complexity index is 559. The first-order chi connectivity index (χ1) is 9.86. The van der Waals surface area contributed by atoms with Crippen LogP contribution < -0.4 is 10.6 Å². The lowest BCUT2D eigenvalue weighted by Gasteiger charge is -2.11. The first-order valence-electron chi connectivity index (χ1n) is 6.40. The molecule has 114 valence electrons. The number of hydrogen-bond donors (Lipinski definition) is 3. The van der Waals surface area contributed by atoms with Gasteiger partial charge in [0.1, 0.15) is 5.69 Å². The van der Waals surface area contributed by atoms with Crippen LogP contribution in [0.4, 0.5) is 11.4 Å². The molecule has 3 N–H and O–H groups in total. The van der Waals surface area contributed by atoms with Crippen LogP contribution in [0, 0.1) is 16.0 Å². The number of hydrogen-bond acceptors (Lipinski definition) is 5. The zero-order valence-corrected chi connectivity index (χ0v) is 11.8. The zero-order valence-electron chi connectivity index (χ0n) is 11.8. The van der Waals surface area contributed by atoms with E-state index in [4.69, 9.17) is 5.11 Å². The molecule has 0 aliphatic heterocycles. The van der Waals surface area contributed by atoms with Gasteiger partial charge in [0.05, 0.1) is 10.8 Å². The number of nitro benzene ring substituents is 1. The molecule has 0 aliphatic rings. The standard InChI is InChI=1S/C13H17N3O5/c1-3-14-12(17)9-4-5-10(11(6-9)16(20)21)15-7-8(2)13(18)19/h4-6,8,15H,3,7H2,1-2H3,(H,14,17)(H,18,19). The number of carbonyl (C=O) groups is 2. The molecule has 0 saturated heterocycles. The monoisotopic (exact) mass is 295 g/mol. The summed E-state index contributed by atoms with van der Waals surface area (Å²) in [4.78, 5) is 32.8. The third-order valence-corrected chi connectivity index (χ3v) is 2.81. The fourth-order valence-electron chi connectivity index (χ4n) is 1.59. The van der Waals surface area contributed by atoms with Gasteiger partial charge in [-0.25, -0.2) is 0 Å². The van der Waals surface area contributed by atoms with Gasteiger partial charge in [-0.3, -0.25) is 19.7 Å². The Morgan fingerprint density at radius 3 is 2.62 bits per heavy atom. The van der Waals surface area contributed by atoms with Crippen LogP contribution >= 0.6 is 0 Å². The Morgan fingerprint density at radius 2 is 2.10 bits per heavy atom. The average molecular weight is 295 g/mol. The molecule has 0 aliphatic carbocycles. The molecule has 1 unspecified atom stereocenters. The van der Waals surface area contributed by atoms with E-state index in [1.807, 2.05) is 0 Å². The van der Waals surface area contributed by atoms with Crippen LogP contribution in [0.1, 0.15) is 24.2 Å². The van der Waals surface area contributed by atoms with Crippen LogP contribution in [-0.4, -0.2) is 35.0 Å². The molecule has 21 heavy (non-hydrogen) atoms. The average Bonchev–Trinajstić information content (AvgIpc) is 2.44. The van der Waals surface area contributed by atoms with E-state index in [1.54, 1.807) is 6.92 Å². The maximum Gasteiger partial charge on any atom is 0.308 e. The molecule has 8 heteroatoms. The molecule has 0 heterocycles. The molecule has 1 aromatic rings. The minimum absolute atomic E-state index is 0.0523. The molecule has 0 aromatic heterocycles. The van der Waals surface area contributed by atoms with Gasteiger partial charge < -0.3 is 15.7 Å². The molecule has 0 radical (unpaired) electrons. The molecule has 0 saturated carbocycles. The van der Waals surface area contributed by atoms with Crippen LogP contribution in [0.3, 0.4) is 0 Å². The highest BCUT2D eigenvalue weighted by atomic mass is 16.6. The quantitative estimate of drug-likeness (QED) is 0.517. The van der Waals surface area contributed by atoms with E-state index in [9.17, 15) is 19.7 Å². The summed E-state index contributed by atoms with van der Waals surface area (Å²) in [6.45, 7) is 3.71. The number of carboxylic acid groups (broad SMARTS) is 1. The number of amides is 1. The number of anilines is 1. The Hall–Kier alpha value is -2.64. The molecule has 1 rings (SSSR count). The molecule has 1 amide bonds. The van der Waals surface area contributed by atoms with E-state index in [0.717, 1.165) is 0 Å². The van der Waals surface area contributed by atoms with E-state index in [0.29, 0.717) is 6.54 Å². The normalized spacial score (nSPS) is 11.5. The summed E-state index contributed by atoms with van der Waals surface area (Å²) >= 11 is 0. The molecule has 0 fully saturated rings. The van der Waals surface area contributed by atoms with Crippen LogP contribution in [-0.2, 0) is 4.79 Å². The van der Waals surface area contributed by atoms with Crippen molar-refractivity contribution in [2.24, 2.45) is 5.92 Å². The zero-order chi connectivity index (χ0) is 16.0. The summed E-state index contributed by atoms with van der Waals surface area (Å²) in [6.07, 6.45) is 0. The Kier molecular flexibility index (Phi) is 5.65. The van der Waals surface area contributed by atoms with Crippen molar-refractivity contribution in [3.8, 4) is 0 Å². The molecular formula is C13H17N3O5. The third kappa shape index (κ3) is 4.44. The van der Waals surface area contributed by atoms with Crippen molar-refractivity contribution in [3.05, 3.63) is 33.9 Å². The second kappa shape index (κ2) is 7.22. The van der Waals surface area contributed by atoms with Crippen LogP contribution in [0.2, 0.25) is 0 Å². The van der Waals surface area contributed by atoms with E-state index in [1.165, 1.54) is 25.1 Å². The first kappa shape index (κ1) is 16.4. The smallest absolute Gasteiger partial charge is 0.308 e. The summed E-state index contributed by atoms with van der Waals surface area (Å²) in [5, 5.41) is 25.1. The van der Waals surface area contributed by atoms with Crippen LogP contribution in [0.5, 0.6) is 0 Å². The fraction of sp³-hybridized carbons (Fsp3) is 0.385. The number of carboxylic acids is 1. The topological polar surface area (TPSA) is 122 Å². The van der Waals surface area contributed by atoms with Crippen LogP contribution in [0.25, 0.3) is 0 Å². The van der Waals surface area contributed by atoms with E-state index >= 15 is 0 Å². The van der Waals surface area contributed by atoms with Crippen molar-refractivity contribution in [2.75, 3.05) is 18.4 Å². The predicted molar refractivity (Wildman–Crippen MR) is 76.4 cm³/mol. The third-order valence-electron chi connectivity index (χ3n) is 2.81. The number of nitrogens with zero attached hydrogens (tertiary/aromatic N) is 1. The number of benzene rings is 1. The number of nitrogens with one attached hydrogen (secondary N) is 2. The maximum absolute atomic E-state index is 11.7. The highest BCUT2D eigenvalue weighted by Gasteiger charge is 2.19. The van der Waals surface area contributed by atoms with Gasteiger partial charge in [-0.15, -0.1) is 0 Å².